The lowest BCUT2D eigenvalue weighted by Gasteiger charge is -2.30. The molecular formula is C27H23F3N4. The van der Waals surface area contributed by atoms with E-state index >= 15 is 0 Å². The normalized spacial score (nSPS) is 13.7. The highest BCUT2D eigenvalue weighted by atomic mass is 19.4. The molecule has 5 rings (SSSR count). The summed E-state index contributed by atoms with van der Waals surface area (Å²) in [5, 5.41) is 10.6. The SMILES string of the molecule is Cc1c(C)n(Cc2ccc(C(F)(F)F)cc2)c2c(N3CCc4ccccc4C3)nc(C#N)cc12. The van der Waals surface area contributed by atoms with Crippen molar-refractivity contribution in [3.05, 3.63) is 93.8 Å². The van der Waals surface area contributed by atoms with Crippen LogP contribution in [0.2, 0.25) is 0 Å². The molecular weight excluding hydrogens is 437 g/mol. The van der Waals surface area contributed by atoms with Gasteiger partial charge < -0.3 is 9.47 Å². The van der Waals surface area contributed by atoms with Crippen molar-refractivity contribution < 1.29 is 13.2 Å². The number of hydrogen-bond acceptors (Lipinski definition) is 3. The molecule has 34 heavy (non-hydrogen) atoms. The number of nitriles is 1. The predicted molar refractivity (Wildman–Crippen MR) is 126 cm³/mol. The van der Waals surface area contributed by atoms with Crippen molar-refractivity contribution in [1.82, 2.24) is 9.55 Å². The van der Waals surface area contributed by atoms with Crippen LogP contribution in [0.3, 0.4) is 0 Å². The average molecular weight is 461 g/mol. The minimum absolute atomic E-state index is 0.358. The maximum Gasteiger partial charge on any atom is 0.416 e. The summed E-state index contributed by atoms with van der Waals surface area (Å²) in [5.74, 6) is 0.742. The van der Waals surface area contributed by atoms with Crippen LogP contribution in [-0.4, -0.2) is 16.1 Å². The van der Waals surface area contributed by atoms with E-state index in [2.05, 4.69) is 27.7 Å². The number of aromatic nitrogens is 2. The molecule has 0 bridgehead atoms. The number of fused-ring (bicyclic) bond motifs is 2. The van der Waals surface area contributed by atoms with E-state index in [0.29, 0.717) is 18.8 Å². The summed E-state index contributed by atoms with van der Waals surface area (Å²) in [6, 6.07) is 17.6. The van der Waals surface area contributed by atoms with E-state index in [-0.39, 0.29) is 0 Å². The number of alkyl halides is 3. The first-order valence-corrected chi connectivity index (χ1v) is 11.1. The number of pyridine rings is 1. The van der Waals surface area contributed by atoms with Gasteiger partial charge in [0.05, 0.1) is 11.1 Å². The van der Waals surface area contributed by atoms with Crippen molar-refractivity contribution in [1.29, 1.82) is 5.26 Å². The van der Waals surface area contributed by atoms with Crippen molar-refractivity contribution in [2.24, 2.45) is 0 Å². The maximum atomic E-state index is 13.0. The van der Waals surface area contributed by atoms with Crippen LogP contribution in [0.5, 0.6) is 0 Å². The van der Waals surface area contributed by atoms with Crippen molar-refractivity contribution in [3.8, 4) is 6.07 Å². The Morgan fingerprint density at radius 1 is 1.03 bits per heavy atom. The summed E-state index contributed by atoms with van der Waals surface area (Å²) in [6.07, 6.45) is -3.48. The van der Waals surface area contributed by atoms with Crippen LogP contribution in [0.25, 0.3) is 10.9 Å². The monoisotopic (exact) mass is 460 g/mol. The molecule has 0 N–H and O–H groups in total. The molecule has 0 fully saturated rings. The zero-order valence-corrected chi connectivity index (χ0v) is 18.9. The molecule has 0 spiro atoms. The molecule has 0 aliphatic carbocycles. The number of hydrogen-bond donors (Lipinski definition) is 0. The topological polar surface area (TPSA) is 44.9 Å². The number of halogens is 3. The Balaban J connectivity index is 1.62. The van der Waals surface area contributed by atoms with Crippen molar-refractivity contribution >= 4 is 16.7 Å². The smallest absolute Gasteiger partial charge is 0.350 e. The highest BCUT2D eigenvalue weighted by Gasteiger charge is 2.30. The van der Waals surface area contributed by atoms with E-state index < -0.39 is 11.7 Å². The van der Waals surface area contributed by atoms with Gasteiger partial charge in [0, 0.05) is 30.7 Å². The number of anilines is 1. The fraction of sp³-hybridized carbons (Fsp3) is 0.259. The third kappa shape index (κ3) is 3.79. The molecule has 0 saturated heterocycles. The maximum absolute atomic E-state index is 13.0. The van der Waals surface area contributed by atoms with Gasteiger partial charge in [0.15, 0.2) is 5.82 Å². The molecule has 2 aromatic heterocycles. The van der Waals surface area contributed by atoms with Gasteiger partial charge in [-0.3, -0.25) is 0 Å². The van der Waals surface area contributed by atoms with Crippen molar-refractivity contribution in [3.63, 3.8) is 0 Å². The van der Waals surface area contributed by atoms with Gasteiger partial charge in [-0.15, -0.1) is 0 Å². The van der Waals surface area contributed by atoms with Crippen molar-refractivity contribution in [2.45, 2.75) is 39.5 Å². The Bertz CT molecular complexity index is 1430. The van der Waals surface area contributed by atoms with Gasteiger partial charge in [0.1, 0.15) is 11.8 Å². The summed E-state index contributed by atoms with van der Waals surface area (Å²) >= 11 is 0. The first-order chi connectivity index (χ1) is 16.3. The van der Waals surface area contributed by atoms with E-state index in [9.17, 15) is 18.4 Å². The Morgan fingerprint density at radius 2 is 1.74 bits per heavy atom. The Kier molecular flexibility index (Phi) is 5.32. The summed E-state index contributed by atoms with van der Waals surface area (Å²) in [4.78, 5) is 6.92. The van der Waals surface area contributed by atoms with Gasteiger partial charge in [-0.2, -0.15) is 18.4 Å². The highest BCUT2D eigenvalue weighted by Crippen LogP contribution is 2.36. The third-order valence-corrected chi connectivity index (χ3v) is 6.76. The summed E-state index contributed by atoms with van der Waals surface area (Å²) in [5.41, 5.74) is 5.98. The number of aryl methyl sites for hydroxylation is 1. The second kappa shape index (κ2) is 8.21. The molecule has 0 saturated carbocycles. The fourth-order valence-electron chi connectivity index (χ4n) is 4.78. The molecule has 0 amide bonds. The van der Waals surface area contributed by atoms with E-state index in [1.807, 2.05) is 32.0 Å². The predicted octanol–water partition coefficient (Wildman–Crippen LogP) is 6.15. The quantitative estimate of drug-likeness (QED) is 0.368. The zero-order chi connectivity index (χ0) is 24.0. The zero-order valence-electron chi connectivity index (χ0n) is 18.9. The molecule has 2 aromatic carbocycles. The van der Waals surface area contributed by atoms with Crippen LogP contribution >= 0.6 is 0 Å². The number of benzene rings is 2. The second-order valence-corrected chi connectivity index (χ2v) is 8.77. The highest BCUT2D eigenvalue weighted by molar-refractivity contribution is 5.94. The van der Waals surface area contributed by atoms with Gasteiger partial charge in [-0.1, -0.05) is 36.4 Å². The van der Waals surface area contributed by atoms with Crippen LogP contribution in [0.4, 0.5) is 19.0 Å². The number of nitrogens with zero attached hydrogens (tertiary/aromatic N) is 4. The first-order valence-electron chi connectivity index (χ1n) is 11.1. The van der Waals surface area contributed by atoms with Gasteiger partial charge in [-0.05, 0) is 60.7 Å². The largest absolute Gasteiger partial charge is 0.416 e. The molecule has 1 aliphatic heterocycles. The lowest BCUT2D eigenvalue weighted by molar-refractivity contribution is -0.137. The van der Waals surface area contributed by atoms with Gasteiger partial charge in [0.2, 0.25) is 0 Å². The minimum atomic E-state index is -4.36. The van der Waals surface area contributed by atoms with Gasteiger partial charge >= 0.3 is 6.18 Å². The first kappa shape index (κ1) is 22.0. The lowest BCUT2D eigenvalue weighted by atomic mass is 10.00. The molecule has 0 radical (unpaired) electrons. The molecule has 0 unspecified atom stereocenters. The van der Waals surface area contributed by atoms with Crippen LogP contribution in [0.15, 0.2) is 54.6 Å². The van der Waals surface area contributed by atoms with E-state index in [4.69, 9.17) is 4.98 Å². The Labute approximate surface area is 195 Å². The molecule has 4 aromatic rings. The summed E-state index contributed by atoms with van der Waals surface area (Å²) in [7, 11) is 0. The minimum Gasteiger partial charge on any atom is -0.350 e. The standard InChI is InChI=1S/C27H23F3N4/c1-17-18(2)34(15-19-7-9-22(10-8-19)27(28,29)30)25-24(17)13-23(14-31)32-26(25)33-12-11-20-5-3-4-6-21(20)16-33/h3-10,13H,11-12,15-16H2,1-2H3. The van der Waals surface area contributed by atoms with Crippen LogP contribution < -0.4 is 4.90 Å². The molecule has 7 heteroatoms. The lowest BCUT2D eigenvalue weighted by Crippen LogP contribution is -2.31. The van der Waals surface area contributed by atoms with Crippen molar-refractivity contribution in [2.75, 3.05) is 11.4 Å². The Hall–Kier alpha value is -3.79. The molecule has 0 atom stereocenters. The van der Waals surface area contributed by atoms with Gasteiger partial charge in [0.25, 0.3) is 0 Å². The third-order valence-electron chi connectivity index (χ3n) is 6.76. The van der Waals surface area contributed by atoms with E-state index in [0.717, 1.165) is 58.6 Å². The molecule has 3 heterocycles. The molecule has 172 valence electrons. The number of rotatable bonds is 3. The summed E-state index contributed by atoms with van der Waals surface area (Å²) in [6.45, 7) is 5.89. The molecule has 1 aliphatic rings. The summed E-state index contributed by atoms with van der Waals surface area (Å²) < 4.78 is 41.1. The van der Waals surface area contributed by atoms with E-state index in [1.165, 1.54) is 23.3 Å². The Morgan fingerprint density at radius 3 is 2.41 bits per heavy atom. The second-order valence-electron chi connectivity index (χ2n) is 8.77. The molecule has 4 nitrogen and oxygen atoms in total. The van der Waals surface area contributed by atoms with Crippen LogP contribution in [-0.2, 0) is 25.7 Å². The van der Waals surface area contributed by atoms with Crippen LogP contribution in [0, 0.1) is 25.2 Å². The van der Waals surface area contributed by atoms with Crippen LogP contribution in [0.1, 0.15) is 39.2 Å². The fourth-order valence-corrected chi connectivity index (χ4v) is 4.78. The van der Waals surface area contributed by atoms with E-state index in [1.54, 1.807) is 0 Å². The van der Waals surface area contributed by atoms with Gasteiger partial charge in [-0.25, -0.2) is 4.98 Å². The average Bonchev–Trinajstić information content (AvgIpc) is 3.07.